The van der Waals surface area contributed by atoms with Crippen LogP contribution in [0.3, 0.4) is 0 Å². The molecule has 0 atom stereocenters. The summed E-state index contributed by atoms with van der Waals surface area (Å²) in [5, 5.41) is 9.23. The van der Waals surface area contributed by atoms with Gasteiger partial charge in [0.25, 0.3) is 0 Å². The number of benzene rings is 3. The lowest BCUT2D eigenvalue weighted by atomic mass is 10.1. The van der Waals surface area contributed by atoms with E-state index in [-0.39, 0.29) is 5.91 Å². The van der Waals surface area contributed by atoms with Crippen LogP contribution >= 0.6 is 11.8 Å². The van der Waals surface area contributed by atoms with Gasteiger partial charge in [-0.2, -0.15) is 13.2 Å². The van der Waals surface area contributed by atoms with Crippen molar-refractivity contribution in [2.24, 2.45) is 0 Å². The maximum atomic E-state index is 13.5. The van der Waals surface area contributed by atoms with Gasteiger partial charge in [0, 0.05) is 51.3 Å². The minimum Gasteiger partial charge on any atom is -0.340 e. The van der Waals surface area contributed by atoms with Gasteiger partial charge < -0.3 is 4.90 Å². The van der Waals surface area contributed by atoms with Crippen LogP contribution in [0.4, 0.5) is 13.2 Å². The molecule has 1 fully saturated rings. The summed E-state index contributed by atoms with van der Waals surface area (Å²) in [6.07, 6.45) is 2.29. The van der Waals surface area contributed by atoms with Crippen molar-refractivity contribution in [3.05, 3.63) is 114 Å². The molecule has 1 aliphatic rings. The summed E-state index contributed by atoms with van der Waals surface area (Å²) in [6.45, 7) is 4.05. The molecule has 0 N–H and O–H groups in total. The summed E-state index contributed by atoms with van der Waals surface area (Å²) in [6, 6.07) is 25.1. The van der Waals surface area contributed by atoms with Gasteiger partial charge in [0.15, 0.2) is 5.16 Å². The van der Waals surface area contributed by atoms with Crippen molar-refractivity contribution < 1.29 is 18.0 Å². The molecule has 0 aliphatic carbocycles. The second-order valence-electron chi connectivity index (χ2n) is 10.7. The molecule has 2 heterocycles. The fraction of sp³-hybridized carbons (Fsp3) is 0.324. The van der Waals surface area contributed by atoms with Crippen LogP contribution in [0.2, 0.25) is 0 Å². The second kappa shape index (κ2) is 15.2. The third-order valence-corrected chi connectivity index (χ3v) is 8.57. The summed E-state index contributed by atoms with van der Waals surface area (Å²) < 4.78 is 42.2. The first kappa shape index (κ1) is 31.5. The van der Waals surface area contributed by atoms with Crippen LogP contribution in [0.1, 0.15) is 41.8 Å². The smallest absolute Gasteiger partial charge is 0.340 e. The van der Waals surface area contributed by atoms with E-state index in [1.807, 2.05) is 53.4 Å². The minimum atomic E-state index is -4.45. The fourth-order valence-corrected chi connectivity index (χ4v) is 6.12. The van der Waals surface area contributed by atoms with Crippen molar-refractivity contribution in [1.82, 2.24) is 24.6 Å². The van der Waals surface area contributed by atoms with Crippen LogP contribution in [-0.4, -0.2) is 68.9 Å². The van der Waals surface area contributed by atoms with Crippen LogP contribution in [0.5, 0.6) is 0 Å². The van der Waals surface area contributed by atoms with Crippen molar-refractivity contribution in [1.29, 1.82) is 0 Å². The lowest BCUT2D eigenvalue weighted by molar-refractivity contribution is -0.137. The van der Waals surface area contributed by atoms with E-state index in [4.69, 9.17) is 0 Å². The molecule has 3 aromatic carbocycles. The zero-order valence-corrected chi connectivity index (χ0v) is 25.3. The van der Waals surface area contributed by atoms with E-state index in [1.165, 1.54) is 23.4 Å². The maximum Gasteiger partial charge on any atom is 0.416 e. The number of rotatable bonds is 12. The van der Waals surface area contributed by atoms with Gasteiger partial charge >= 0.3 is 6.18 Å². The highest BCUT2D eigenvalue weighted by Crippen LogP contribution is 2.32. The number of hydrogen-bond acceptors (Lipinski definition) is 5. The summed E-state index contributed by atoms with van der Waals surface area (Å²) in [5.74, 6) is 1.42. The Labute approximate surface area is 260 Å². The van der Waals surface area contributed by atoms with Gasteiger partial charge in [-0.3, -0.25) is 14.3 Å². The fourth-order valence-electron chi connectivity index (χ4n) is 5.15. The molecular formula is C34H36F3N5OS. The van der Waals surface area contributed by atoms with Crippen molar-refractivity contribution in [3.8, 4) is 5.69 Å². The first-order chi connectivity index (χ1) is 21.4. The Hall–Kier alpha value is -3.89. The Balaban J connectivity index is 1.11. The molecule has 44 heavy (non-hydrogen) atoms. The predicted molar refractivity (Wildman–Crippen MR) is 169 cm³/mol. The number of amides is 1. The van der Waals surface area contributed by atoms with Gasteiger partial charge in [0.2, 0.25) is 5.91 Å². The summed E-state index contributed by atoms with van der Waals surface area (Å²) >= 11 is 1.45. The molecule has 1 aromatic heterocycles. The molecule has 10 heteroatoms. The van der Waals surface area contributed by atoms with E-state index in [2.05, 4.69) is 39.4 Å². The number of carbonyl (C=O) groups is 1. The molecule has 0 unspecified atom stereocenters. The van der Waals surface area contributed by atoms with Crippen LogP contribution in [0.25, 0.3) is 11.8 Å². The van der Waals surface area contributed by atoms with Gasteiger partial charge in [0.05, 0.1) is 11.3 Å². The highest BCUT2D eigenvalue weighted by atomic mass is 32.2. The molecule has 0 spiro atoms. The van der Waals surface area contributed by atoms with Crippen molar-refractivity contribution in [3.63, 3.8) is 0 Å². The summed E-state index contributed by atoms with van der Waals surface area (Å²) in [7, 11) is 0. The molecule has 1 saturated heterocycles. The molecular weight excluding hydrogens is 583 g/mol. The Morgan fingerprint density at radius 1 is 0.864 bits per heavy atom. The molecule has 6 nitrogen and oxygen atoms in total. The zero-order chi connectivity index (χ0) is 30.8. The summed E-state index contributed by atoms with van der Waals surface area (Å²) in [4.78, 5) is 17.1. The number of alkyl halides is 3. The molecule has 0 radical (unpaired) electrons. The number of piperazine rings is 1. The van der Waals surface area contributed by atoms with Gasteiger partial charge in [-0.25, -0.2) is 0 Å². The van der Waals surface area contributed by atoms with Crippen molar-refractivity contribution in [2.45, 2.75) is 37.0 Å². The summed E-state index contributed by atoms with van der Waals surface area (Å²) in [5.41, 5.74) is 1.84. The highest BCUT2D eigenvalue weighted by Gasteiger charge is 2.31. The van der Waals surface area contributed by atoms with E-state index >= 15 is 0 Å². The Bertz CT molecular complexity index is 1520. The van der Waals surface area contributed by atoms with Gasteiger partial charge in [-0.05, 0) is 42.2 Å². The third kappa shape index (κ3) is 8.83. The first-order valence-electron chi connectivity index (χ1n) is 14.9. The molecule has 230 valence electrons. The lowest BCUT2D eigenvalue weighted by Gasteiger charge is -2.34. The number of halogens is 3. The number of aromatic nitrogens is 3. The quantitative estimate of drug-likeness (QED) is 0.126. The normalized spacial score (nSPS) is 14.4. The van der Waals surface area contributed by atoms with Crippen LogP contribution in [-0.2, 0) is 17.4 Å². The number of hydrogen-bond donors (Lipinski definition) is 0. The molecule has 0 bridgehead atoms. The average molecular weight is 620 g/mol. The van der Waals surface area contributed by atoms with Crippen LogP contribution < -0.4 is 0 Å². The highest BCUT2D eigenvalue weighted by molar-refractivity contribution is 7.99. The van der Waals surface area contributed by atoms with Gasteiger partial charge in [-0.15, -0.1) is 10.2 Å². The predicted octanol–water partition coefficient (Wildman–Crippen LogP) is 7.00. The van der Waals surface area contributed by atoms with E-state index in [0.717, 1.165) is 63.3 Å². The van der Waals surface area contributed by atoms with Gasteiger partial charge in [-0.1, -0.05) is 90.6 Å². The van der Waals surface area contributed by atoms with Gasteiger partial charge in [0.1, 0.15) is 5.82 Å². The number of thioether (sulfide) groups is 1. The SMILES string of the molecule is O=C(CCCCSc1nnc(Cc2ccccc2)n1-c1cccc(C(F)(F)F)c1)N1CCN(CC=Cc2ccccc2)CC1. The van der Waals surface area contributed by atoms with Crippen LogP contribution in [0.15, 0.2) is 96.2 Å². The maximum absolute atomic E-state index is 13.5. The average Bonchev–Trinajstić information content (AvgIpc) is 3.43. The Kier molecular flexibility index (Phi) is 10.9. The third-order valence-electron chi connectivity index (χ3n) is 7.55. The molecule has 0 saturated carbocycles. The number of carbonyl (C=O) groups excluding carboxylic acids is 1. The standard InChI is InChI=1S/C34H36F3N5OS/c35-34(36,37)29-16-9-17-30(26-29)42-31(25-28-13-5-2-6-14-28)38-39-33(42)44-24-8-7-18-32(43)41-22-20-40(21-23-41)19-10-15-27-11-3-1-4-12-27/h1-6,9-17,26H,7-8,18-25H2. The lowest BCUT2D eigenvalue weighted by Crippen LogP contribution is -2.48. The van der Waals surface area contributed by atoms with Crippen molar-refractivity contribution in [2.75, 3.05) is 38.5 Å². The molecule has 5 rings (SSSR count). The zero-order valence-electron chi connectivity index (χ0n) is 24.5. The molecule has 1 aliphatic heterocycles. The topological polar surface area (TPSA) is 54.3 Å². The van der Waals surface area contributed by atoms with E-state index < -0.39 is 11.7 Å². The molecule has 1 amide bonds. The Morgan fingerprint density at radius 2 is 1.59 bits per heavy atom. The number of nitrogens with zero attached hydrogens (tertiary/aromatic N) is 5. The van der Waals surface area contributed by atoms with E-state index in [9.17, 15) is 18.0 Å². The first-order valence-corrected chi connectivity index (χ1v) is 15.9. The Morgan fingerprint density at radius 3 is 2.32 bits per heavy atom. The monoisotopic (exact) mass is 619 g/mol. The largest absolute Gasteiger partial charge is 0.416 e. The van der Waals surface area contributed by atoms with E-state index in [0.29, 0.717) is 35.3 Å². The second-order valence-corrected chi connectivity index (χ2v) is 11.8. The number of unbranched alkanes of at least 4 members (excludes halogenated alkanes) is 1. The molecule has 4 aromatic rings. The minimum absolute atomic E-state index is 0.173. The van der Waals surface area contributed by atoms with Crippen molar-refractivity contribution >= 4 is 23.7 Å². The van der Waals surface area contributed by atoms with Crippen LogP contribution in [0, 0.1) is 0 Å². The van der Waals surface area contributed by atoms with E-state index in [1.54, 1.807) is 10.6 Å².